The van der Waals surface area contributed by atoms with Crippen LogP contribution in [0.3, 0.4) is 0 Å². The molecule has 1 N–H and O–H groups in total. The third-order valence-electron chi connectivity index (χ3n) is 4.41. The number of quaternary nitrogens is 1. The van der Waals surface area contributed by atoms with Gasteiger partial charge in [0.25, 0.3) is 0 Å². The van der Waals surface area contributed by atoms with Crippen molar-refractivity contribution in [2.45, 2.75) is 46.1 Å². The fourth-order valence-corrected chi connectivity index (χ4v) is 3.01. The van der Waals surface area contributed by atoms with E-state index in [9.17, 15) is 4.79 Å². The lowest BCUT2D eigenvalue weighted by Crippen LogP contribution is -3.11. The highest BCUT2D eigenvalue weighted by Gasteiger charge is 2.28. The fourth-order valence-electron chi connectivity index (χ4n) is 3.01. The van der Waals surface area contributed by atoms with Gasteiger partial charge in [0.1, 0.15) is 6.54 Å². The molecule has 0 atom stereocenters. The van der Waals surface area contributed by atoms with E-state index in [1.165, 1.54) is 11.1 Å². The van der Waals surface area contributed by atoms with Crippen molar-refractivity contribution < 1.29 is 14.4 Å². The van der Waals surface area contributed by atoms with Gasteiger partial charge in [0, 0.05) is 18.4 Å². The zero-order chi connectivity index (χ0) is 15.2. The van der Waals surface area contributed by atoms with E-state index in [0.29, 0.717) is 12.5 Å². The summed E-state index contributed by atoms with van der Waals surface area (Å²) in [6.07, 6.45) is 1.91. The van der Waals surface area contributed by atoms with Crippen LogP contribution in [-0.4, -0.2) is 25.7 Å². The summed E-state index contributed by atoms with van der Waals surface area (Å²) in [6.45, 7) is 10.0. The Hall–Kier alpha value is -1.35. The van der Waals surface area contributed by atoms with Crippen molar-refractivity contribution in [2.24, 2.45) is 5.92 Å². The molecule has 21 heavy (non-hydrogen) atoms. The first-order chi connectivity index (χ1) is 10.1. The van der Waals surface area contributed by atoms with Gasteiger partial charge in [-0.1, -0.05) is 38.1 Å². The number of hydrogen-bond acceptors (Lipinski definition) is 2. The van der Waals surface area contributed by atoms with Crippen molar-refractivity contribution in [1.82, 2.24) is 0 Å². The first kappa shape index (κ1) is 16.0. The van der Waals surface area contributed by atoms with Crippen molar-refractivity contribution >= 4 is 5.97 Å². The Bertz CT molecular complexity index is 445. The number of esters is 1. The number of hydrogen-bond donors (Lipinski definition) is 1. The number of rotatable bonds is 5. The Morgan fingerprint density at radius 3 is 2.38 bits per heavy atom. The lowest BCUT2D eigenvalue weighted by Gasteiger charge is -2.28. The molecule has 1 saturated heterocycles. The predicted molar refractivity (Wildman–Crippen MR) is 84.3 cm³/mol. The van der Waals surface area contributed by atoms with E-state index in [0.717, 1.165) is 32.5 Å². The summed E-state index contributed by atoms with van der Waals surface area (Å²) in [5.74, 6) is 0.710. The molecule has 0 bridgehead atoms. The second-order valence-corrected chi connectivity index (χ2v) is 6.35. The molecule has 1 heterocycles. The maximum Gasteiger partial charge on any atom is 0.309 e. The Labute approximate surface area is 128 Å². The van der Waals surface area contributed by atoms with Crippen LogP contribution >= 0.6 is 0 Å². The SMILES string of the molecule is CCOC(=O)C1CC[NH+](Cc2ccc(C(C)C)cc2)CC1. The van der Waals surface area contributed by atoms with Gasteiger partial charge in [0.15, 0.2) is 0 Å². The highest BCUT2D eigenvalue weighted by molar-refractivity contribution is 5.72. The van der Waals surface area contributed by atoms with Crippen molar-refractivity contribution in [1.29, 1.82) is 0 Å². The Kier molecular flexibility index (Phi) is 5.80. The van der Waals surface area contributed by atoms with Gasteiger partial charge in [0.2, 0.25) is 0 Å². The van der Waals surface area contributed by atoms with Crippen LogP contribution in [0.2, 0.25) is 0 Å². The summed E-state index contributed by atoms with van der Waals surface area (Å²) in [5.41, 5.74) is 2.79. The highest BCUT2D eigenvalue weighted by atomic mass is 16.5. The molecule has 1 aromatic rings. The molecule has 116 valence electrons. The minimum absolute atomic E-state index is 0.00200. The van der Waals surface area contributed by atoms with E-state index >= 15 is 0 Å². The standard InChI is InChI=1S/C18H27NO2/c1-4-21-18(20)17-9-11-19(12-10-17)13-15-5-7-16(8-6-15)14(2)3/h5-8,14,17H,4,9-13H2,1-3H3/p+1. The smallest absolute Gasteiger partial charge is 0.309 e. The molecule has 3 nitrogen and oxygen atoms in total. The average molecular weight is 290 g/mol. The number of ether oxygens (including phenoxy) is 1. The maximum absolute atomic E-state index is 11.7. The van der Waals surface area contributed by atoms with Gasteiger partial charge in [-0.25, -0.2) is 0 Å². The van der Waals surface area contributed by atoms with E-state index in [4.69, 9.17) is 4.74 Å². The fraction of sp³-hybridized carbons (Fsp3) is 0.611. The predicted octanol–water partition coefficient (Wildman–Crippen LogP) is 2.17. The lowest BCUT2D eigenvalue weighted by atomic mass is 9.96. The molecule has 0 aromatic heterocycles. The van der Waals surface area contributed by atoms with Gasteiger partial charge >= 0.3 is 5.97 Å². The molecule has 1 fully saturated rings. The van der Waals surface area contributed by atoms with Crippen molar-refractivity contribution in [3.05, 3.63) is 35.4 Å². The Balaban J connectivity index is 1.82. The zero-order valence-electron chi connectivity index (χ0n) is 13.5. The molecular weight excluding hydrogens is 262 g/mol. The van der Waals surface area contributed by atoms with E-state index in [-0.39, 0.29) is 11.9 Å². The van der Waals surface area contributed by atoms with Gasteiger partial charge in [-0.15, -0.1) is 0 Å². The molecule has 1 aliphatic heterocycles. The first-order valence-electron chi connectivity index (χ1n) is 8.19. The third-order valence-corrected chi connectivity index (χ3v) is 4.41. The van der Waals surface area contributed by atoms with Gasteiger partial charge in [0.05, 0.1) is 25.6 Å². The van der Waals surface area contributed by atoms with Gasteiger partial charge < -0.3 is 9.64 Å². The Morgan fingerprint density at radius 2 is 1.86 bits per heavy atom. The molecule has 0 radical (unpaired) electrons. The molecule has 2 rings (SSSR count). The van der Waals surface area contributed by atoms with Crippen LogP contribution < -0.4 is 4.90 Å². The van der Waals surface area contributed by atoms with Crippen LogP contribution in [0.1, 0.15) is 50.7 Å². The molecule has 0 amide bonds. The van der Waals surface area contributed by atoms with Crippen LogP contribution in [0.4, 0.5) is 0 Å². The molecule has 0 unspecified atom stereocenters. The summed E-state index contributed by atoms with van der Waals surface area (Å²) in [5, 5.41) is 0. The molecule has 0 aliphatic carbocycles. The van der Waals surface area contributed by atoms with Crippen LogP contribution in [0.15, 0.2) is 24.3 Å². The number of carbonyl (C=O) groups excluding carboxylic acids is 1. The lowest BCUT2D eigenvalue weighted by molar-refractivity contribution is -0.919. The number of nitrogens with one attached hydrogen (secondary N) is 1. The van der Waals surface area contributed by atoms with Crippen LogP contribution in [0, 0.1) is 5.92 Å². The van der Waals surface area contributed by atoms with Crippen molar-refractivity contribution in [3.63, 3.8) is 0 Å². The molecule has 0 saturated carbocycles. The molecule has 0 spiro atoms. The van der Waals surface area contributed by atoms with Crippen LogP contribution in [0.25, 0.3) is 0 Å². The summed E-state index contributed by atoms with van der Waals surface area (Å²) < 4.78 is 5.12. The van der Waals surface area contributed by atoms with Crippen LogP contribution in [-0.2, 0) is 16.1 Å². The average Bonchev–Trinajstić information content (AvgIpc) is 2.49. The Morgan fingerprint density at radius 1 is 1.24 bits per heavy atom. The quantitative estimate of drug-likeness (QED) is 0.843. The van der Waals surface area contributed by atoms with E-state index < -0.39 is 0 Å². The van der Waals surface area contributed by atoms with Gasteiger partial charge in [-0.05, 0) is 18.4 Å². The minimum atomic E-state index is -0.00200. The summed E-state index contributed by atoms with van der Waals surface area (Å²) in [6, 6.07) is 8.98. The van der Waals surface area contributed by atoms with E-state index in [1.807, 2.05) is 6.92 Å². The van der Waals surface area contributed by atoms with Gasteiger partial charge in [-0.2, -0.15) is 0 Å². The summed E-state index contributed by atoms with van der Waals surface area (Å²) in [7, 11) is 0. The highest BCUT2D eigenvalue weighted by Crippen LogP contribution is 2.15. The number of likely N-dealkylation sites (tertiary alicyclic amines) is 1. The molecule has 1 aliphatic rings. The monoisotopic (exact) mass is 290 g/mol. The molecule has 1 aromatic carbocycles. The minimum Gasteiger partial charge on any atom is -0.466 e. The zero-order valence-corrected chi connectivity index (χ0v) is 13.5. The second-order valence-electron chi connectivity index (χ2n) is 6.35. The topological polar surface area (TPSA) is 30.7 Å². The third kappa shape index (κ3) is 4.57. The first-order valence-corrected chi connectivity index (χ1v) is 8.19. The summed E-state index contributed by atoms with van der Waals surface area (Å²) in [4.78, 5) is 13.3. The van der Waals surface area contributed by atoms with Gasteiger partial charge in [-0.3, -0.25) is 4.79 Å². The second kappa shape index (κ2) is 7.60. The molecule has 3 heteroatoms. The summed E-state index contributed by atoms with van der Waals surface area (Å²) >= 11 is 0. The number of piperidine rings is 1. The van der Waals surface area contributed by atoms with E-state index in [1.54, 1.807) is 4.90 Å². The van der Waals surface area contributed by atoms with Crippen molar-refractivity contribution in [3.8, 4) is 0 Å². The number of benzene rings is 1. The van der Waals surface area contributed by atoms with Crippen molar-refractivity contribution in [2.75, 3.05) is 19.7 Å². The number of carbonyl (C=O) groups is 1. The normalized spacial score (nSPS) is 22.3. The largest absolute Gasteiger partial charge is 0.466 e. The maximum atomic E-state index is 11.7. The van der Waals surface area contributed by atoms with Crippen LogP contribution in [0.5, 0.6) is 0 Å². The molecular formula is C18H28NO2+. The van der Waals surface area contributed by atoms with E-state index in [2.05, 4.69) is 38.1 Å².